The van der Waals surface area contributed by atoms with E-state index in [9.17, 15) is 0 Å². The van der Waals surface area contributed by atoms with Gasteiger partial charge in [-0.2, -0.15) is 0 Å². The van der Waals surface area contributed by atoms with E-state index in [2.05, 4.69) is 47.7 Å². The second-order valence-electron chi connectivity index (χ2n) is 5.10. The number of hydrogen-bond donors (Lipinski definition) is 2. The van der Waals surface area contributed by atoms with E-state index in [1.165, 1.54) is 16.7 Å². The Morgan fingerprint density at radius 3 is 2.52 bits per heavy atom. The Kier molecular flexibility index (Phi) is 3.62. The van der Waals surface area contributed by atoms with Crippen molar-refractivity contribution in [3.63, 3.8) is 0 Å². The third-order valence-corrected chi connectivity index (χ3v) is 4.08. The smallest absolute Gasteiger partial charge is 0.187 e. The van der Waals surface area contributed by atoms with Gasteiger partial charge in [-0.1, -0.05) is 23.8 Å². The largest absolute Gasteiger partial charge is 0.399 e. The number of rotatable bonds is 3. The first-order valence-corrected chi connectivity index (χ1v) is 7.65. The minimum Gasteiger partial charge on any atom is -0.399 e. The van der Waals surface area contributed by atoms with Gasteiger partial charge in [0.2, 0.25) is 0 Å². The van der Waals surface area contributed by atoms with Gasteiger partial charge in [0.25, 0.3) is 0 Å². The first kappa shape index (κ1) is 13.6. The molecule has 0 atom stereocenters. The molecule has 0 fully saturated rings. The van der Waals surface area contributed by atoms with Crippen LogP contribution in [0.4, 0.5) is 16.5 Å². The predicted octanol–water partition coefficient (Wildman–Crippen LogP) is 4.75. The van der Waals surface area contributed by atoms with Gasteiger partial charge in [0.15, 0.2) is 5.13 Å². The van der Waals surface area contributed by atoms with E-state index in [0.29, 0.717) is 0 Å². The van der Waals surface area contributed by atoms with Gasteiger partial charge in [-0.3, -0.25) is 0 Å². The molecule has 0 spiro atoms. The molecule has 3 aromatic rings. The molecular formula is C17H17N3S. The Labute approximate surface area is 128 Å². The topological polar surface area (TPSA) is 50.9 Å². The second-order valence-corrected chi connectivity index (χ2v) is 5.96. The number of nitrogens with zero attached hydrogens (tertiary/aromatic N) is 1. The Bertz CT molecular complexity index is 760. The molecule has 0 amide bonds. The Balaban J connectivity index is 1.84. The first-order valence-electron chi connectivity index (χ1n) is 6.77. The van der Waals surface area contributed by atoms with Crippen LogP contribution in [0.25, 0.3) is 11.3 Å². The van der Waals surface area contributed by atoms with Gasteiger partial charge in [-0.05, 0) is 43.7 Å². The van der Waals surface area contributed by atoms with Crippen LogP contribution in [0.1, 0.15) is 11.1 Å². The van der Waals surface area contributed by atoms with Crippen LogP contribution >= 0.6 is 11.3 Å². The summed E-state index contributed by atoms with van der Waals surface area (Å²) in [5.41, 5.74) is 12.2. The Hall–Kier alpha value is -2.33. The van der Waals surface area contributed by atoms with Crippen molar-refractivity contribution in [1.82, 2.24) is 4.98 Å². The van der Waals surface area contributed by atoms with Crippen molar-refractivity contribution >= 4 is 27.8 Å². The van der Waals surface area contributed by atoms with Crippen LogP contribution in [-0.2, 0) is 0 Å². The Morgan fingerprint density at radius 1 is 1.05 bits per heavy atom. The molecule has 106 valence electrons. The highest BCUT2D eigenvalue weighted by molar-refractivity contribution is 7.14. The molecule has 0 saturated heterocycles. The molecule has 21 heavy (non-hydrogen) atoms. The minimum absolute atomic E-state index is 0.760. The normalized spacial score (nSPS) is 10.6. The van der Waals surface area contributed by atoms with Crippen molar-refractivity contribution < 1.29 is 0 Å². The molecule has 4 heteroatoms. The van der Waals surface area contributed by atoms with Gasteiger partial charge in [0.1, 0.15) is 0 Å². The van der Waals surface area contributed by atoms with Crippen molar-refractivity contribution in [1.29, 1.82) is 0 Å². The van der Waals surface area contributed by atoms with Gasteiger partial charge < -0.3 is 11.1 Å². The highest BCUT2D eigenvalue weighted by Crippen LogP contribution is 2.29. The van der Waals surface area contributed by atoms with Crippen LogP contribution in [0.5, 0.6) is 0 Å². The van der Waals surface area contributed by atoms with E-state index in [0.717, 1.165) is 22.2 Å². The number of aromatic nitrogens is 1. The van der Waals surface area contributed by atoms with Gasteiger partial charge in [0, 0.05) is 22.3 Å². The highest BCUT2D eigenvalue weighted by atomic mass is 32.1. The van der Waals surface area contributed by atoms with Crippen LogP contribution < -0.4 is 11.1 Å². The second kappa shape index (κ2) is 5.58. The first-order chi connectivity index (χ1) is 10.1. The lowest BCUT2D eigenvalue weighted by Crippen LogP contribution is -1.91. The molecule has 3 rings (SSSR count). The average Bonchev–Trinajstić information content (AvgIpc) is 2.90. The summed E-state index contributed by atoms with van der Waals surface area (Å²) in [6.45, 7) is 4.22. The maximum absolute atomic E-state index is 5.69. The van der Waals surface area contributed by atoms with Crippen molar-refractivity contribution in [3.8, 4) is 11.3 Å². The number of benzene rings is 2. The van der Waals surface area contributed by atoms with Crippen molar-refractivity contribution in [2.75, 3.05) is 11.1 Å². The number of thiazole rings is 1. The molecule has 3 nitrogen and oxygen atoms in total. The van der Waals surface area contributed by atoms with Gasteiger partial charge in [0.05, 0.1) is 5.69 Å². The van der Waals surface area contributed by atoms with Crippen molar-refractivity contribution in [2.24, 2.45) is 0 Å². The third-order valence-electron chi connectivity index (χ3n) is 3.32. The maximum atomic E-state index is 5.69. The zero-order valence-electron chi connectivity index (χ0n) is 12.1. The van der Waals surface area contributed by atoms with E-state index in [1.54, 1.807) is 11.3 Å². The molecule has 0 bridgehead atoms. The molecule has 0 saturated carbocycles. The molecule has 3 N–H and O–H groups in total. The van der Waals surface area contributed by atoms with Crippen molar-refractivity contribution in [2.45, 2.75) is 13.8 Å². The summed E-state index contributed by atoms with van der Waals surface area (Å²) >= 11 is 1.60. The minimum atomic E-state index is 0.760. The molecule has 0 aliphatic heterocycles. The summed E-state index contributed by atoms with van der Waals surface area (Å²) in [7, 11) is 0. The van der Waals surface area contributed by atoms with Gasteiger partial charge >= 0.3 is 0 Å². The molecule has 0 unspecified atom stereocenters. The van der Waals surface area contributed by atoms with E-state index in [4.69, 9.17) is 5.73 Å². The lowest BCUT2D eigenvalue weighted by molar-refractivity contribution is 1.33. The molecule has 0 aliphatic rings. The SMILES string of the molecule is Cc1ccc(-c2csc(Nc3ccc(N)cc3)n2)c(C)c1. The van der Waals surface area contributed by atoms with E-state index in [-0.39, 0.29) is 0 Å². The fourth-order valence-corrected chi connectivity index (χ4v) is 2.98. The molecule has 1 heterocycles. The summed E-state index contributed by atoms with van der Waals surface area (Å²) < 4.78 is 0. The monoisotopic (exact) mass is 295 g/mol. The third kappa shape index (κ3) is 3.06. The lowest BCUT2D eigenvalue weighted by atomic mass is 10.0. The number of nitrogens with two attached hydrogens (primary N) is 1. The van der Waals surface area contributed by atoms with Crippen LogP contribution in [0.15, 0.2) is 47.8 Å². The summed E-state index contributed by atoms with van der Waals surface area (Å²) in [6, 6.07) is 14.1. The maximum Gasteiger partial charge on any atom is 0.187 e. The number of nitrogen functional groups attached to an aromatic ring is 1. The fraction of sp³-hybridized carbons (Fsp3) is 0.118. The zero-order valence-corrected chi connectivity index (χ0v) is 12.9. The van der Waals surface area contributed by atoms with E-state index < -0.39 is 0 Å². The van der Waals surface area contributed by atoms with Crippen LogP contribution in [0.2, 0.25) is 0 Å². The number of nitrogens with one attached hydrogen (secondary N) is 1. The van der Waals surface area contributed by atoms with Crippen molar-refractivity contribution in [3.05, 3.63) is 59.0 Å². The lowest BCUT2D eigenvalue weighted by Gasteiger charge is -2.04. The van der Waals surface area contributed by atoms with Crippen LogP contribution in [0, 0.1) is 13.8 Å². The van der Waals surface area contributed by atoms with E-state index in [1.807, 2.05) is 24.3 Å². The Morgan fingerprint density at radius 2 is 1.81 bits per heavy atom. The molecule has 2 aromatic carbocycles. The van der Waals surface area contributed by atoms with Gasteiger partial charge in [-0.25, -0.2) is 4.98 Å². The summed E-state index contributed by atoms with van der Waals surface area (Å²) in [5.74, 6) is 0. The summed E-state index contributed by atoms with van der Waals surface area (Å²) in [6.07, 6.45) is 0. The molecule has 0 radical (unpaired) electrons. The van der Waals surface area contributed by atoms with Crippen LogP contribution in [-0.4, -0.2) is 4.98 Å². The van der Waals surface area contributed by atoms with Crippen LogP contribution in [0.3, 0.4) is 0 Å². The highest BCUT2D eigenvalue weighted by Gasteiger charge is 2.07. The fourth-order valence-electron chi connectivity index (χ4n) is 2.25. The zero-order chi connectivity index (χ0) is 14.8. The standard InChI is InChI=1S/C17H17N3S/c1-11-3-8-15(12(2)9-11)16-10-21-17(20-16)19-14-6-4-13(18)5-7-14/h3-10H,18H2,1-2H3,(H,19,20). The quantitative estimate of drug-likeness (QED) is 0.685. The molecular weight excluding hydrogens is 278 g/mol. The van der Waals surface area contributed by atoms with Gasteiger partial charge in [-0.15, -0.1) is 11.3 Å². The predicted molar refractivity (Wildman–Crippen MR) is 91.2 cm³/mol. The molecule has 1 aromatic heterocycles. The summed E-state index contributed by atoms with van der Waals surface area (Å²) in [4.78, 5) is 4.66. The summed E-state index contributed by atoms with van der Waals surface area (Å²) in [5, 5.41) is 6.27. The number of aryl methyl sites for hydroxylation is 2. The molecule has 0 aliphatic carbocycles. The van der Waals surface area contributed by atoms with E-state index >= 15 is 0 Å². The number of anilines is 3. The average molecular weight is 295 g/mol. The number of hydrogen-bond acceptors (Lipinski definition) is 4.